The second kappa shape index (κ2) is 14.7. The van der Waals surface area contributed by atoms with Gasteiger partial charge in [0, 0.05) is 56.5 Å². The van der Waals surface area contributed by atoms with Crippen LogP contribution in [0.4, 0.5) is 14.5 Å². The number of aromatic nitrogens is 1. The van der Waals surface area contributed by atoms with Gasteiger partial charge in [-0.1, -0.05) is 0 Å². The Kier molecular flexibility index (Phi) is 11.5. The minimum Gasteiger partial charge on any atom is -0.497 e. The molecule has 0 radical (unpaired) electrons. The quantitative estimate of drug-likeness (QED) is 0.196. The predicted molar refractivity (Wildman–Crippen MR) is 178 cm³/mol. The highest BCUT2D eigenvalue weighted by molar-refractivity contribution is 7.38. The number of rotatable bonds is 13. The number of halogens is 2. The molecule has 1 aliphatic rings. The molecule has 0 N–H and O–H groups in total. The van der Waals surface area contributed by atoms with Crippen LogP contribution < -0.4 is 25.2 Å². The maximum atomic E-state index is 15.7. The number of hydrogen-bond acceptors (Lipinski definition) is 7. The molecule has 1 fully saturated rings. The fraction of sp³-hybridized carbons (Fsp3) is 0.387. The number of pyridine rings is 1. The van der Waals surface area contributed by atoms with Gasteiger partial charge in [-0.2, -0.15) is 4.39 Å². The van der Waals surface area contributed by atoms with Gasteiger partial charge in [-0.3, -0.25) is 14.4 Å². The number of ether oxygens (including phenoxy) is 4. The fourth-order valence-electron chi connectivity index (χ4n) is 5.68. The van der Waals surface area contributed by atoms with Gasteiger partial charge >= 0.3 is 0 Å². The Hall–Kier alpha value is -2.80. The van der Waals surface area contributed by atoms with E-state index < -0.39 is 40.5 Å². The van der Waals surface area contributed by atoms with Crippen LogP contribution in [0, 0.1) is 18.7 Å². The number of Topliss-reactive ketones (excluding diaryl/α,β-unsaturated/α-hetero) is 1. The van der Waals surface area contributed by atoms with Crippen molar-refractivity contribution in [2.24, 2.45) is 5.92 Å². The molecule has 5 atom stereocenters. The number of anilines is 1. The first-order valence-electron chi connectivity index (χ1n) is 14.0. The largest absolute Gasteiger partial charge is 0.497 e. The van der Waals surface area contributed by atoms with Crippen molar-refractivity contribution in [3.05, 3.63) is 81.5 Å². The summed E-state index contributed by atoms with van der Waals surface area (Å²) in [5.41, 5.74) is 0.768. The lowest BCUT2D eigenvalue weighted by Gasteiger charge is -2.24. The molecule has 4 rings (SSSR count). The summed E-state index contributed by atoms with van der Waals surface area (Å²) in [5, 5.41) is -1.60. The van der Waals surface area contributed by atoms with Gasteiger partial charge in [0.1, 0.15) is 23.0 Å². The summed E-state index contributed by atoms with van der Waals surface area (Å²) in [6, 6.07) is 10.00. The second-order valence-corrected chi connectivity index (χ2v) is 13.7. The van der Waals surface area contributed by atoms with E-state index in [2.05, 4.69) is 9.24 Å². The number of alkyl halides is 1. The van der Waals surface area contributed by atoms with E-state index in [0.29, 0.717) is 16.6 Å². The van der Waals surface area contributed by atoms with E-state index in [0.717, 1.165) is 0 Å². The summed E-state index contributed by atoms with van der Waals surface area (Å²) in [4.78, 5) is 43.0. The maximum Gasteiger partial charge on any atom is 0.275 e. The molecule has 1 saturated heterocycles. The second-order valence-electron chi connectivity index (χ2n) is 10.8. The smallest absolute Gasteiger partial charge is 0.275 e. The molecule has 0 spiro atoms. The lowest BCUT2D eigenvalue weighted by molar-refractivity contribution is -0.120. The zero-order valence-electron chi connectivity index (χ0n) is 25.4. The zero-order valence-corrected chi connectivity index (χ0v) is 28.9. The van der Waals surface area contributed by atoms with Crippen LogP contribution >= 0.6 is 27.7 Å². The Balaban J connectivity index is 1.76. The van der Waals surface area contributed by atoms with Crippen LogP contribution in [0.3, 0.4) is 0 Å². The van der Waals surface area contributed by atoms with Crippen LogP contribution in [0.25, 0.3) is 0 Å². The molecule has 0 bridgehead atoms. The highest BCUT2D eigenvalue weighted by Gasteiger charge is 2.45. The van der Waals surface area contributed by atoms with Crippen molar-refractivity contribution in [1.82, 2.24) is 4.57 Å². The van der Waals surface area contributed by atoms with Crippen molar-refractivity contribution in [3.63, 3.8) is 0 Å². The van der Waals surface area contributed by atoms with Crippen LogP contribution in [0.5, 0.6) is 11.5 Å². The van der Waals surface area contributed by atoms with Crippen molar-refractivity contribution < 1.29 is 37.3 Å². The van der Waals surface area contributed by atoms with Gasteiger partial charge in [-0.15, -0.1) is 9.24 Å². The first-order valence-corrected chi connectivity index (χ1v) is 15.8. The van der Waals surface area contributed by atoms with Crippen molar-refractivity contribution in [2.45, 2.75) is 30.6 Å². The van der Waals surface area contributed by atoms with E-state index in [1.807, 2.05) is 18.5 Å². The fourth-order valence-corrected chi connectivity index (χ4v) is 6.47. The summed E-state index contributed by atoms with van der Waals surface area (Å²) < 4.78 is 51.9. The lowest BCUT2D eigenvalue weighted by atomic mass is 9.84. The van der Waals surface area contributed by atoms with Crippen molar-refractivity contribution in [1.29, 1.82) is 0 Å². The number of amides is 1. The van der Waals surface area contributed by atoms with Crippen molar-refractivity contribution >= 4 is 50.4 Å². The third-order valence-corrected chi connectivity index (χ3v) is 8.44. The molecule has 14 heteroatoms. The van der Waals surface area contributed by atoms with Gasteiger partial charge < -0.3 is 28.4 Å². The van der Waals surface area contributed by atoms with Crippen LogP contribution in [-0.2, 0) is 14.3 Å². The molecule has 2 aromatic carbocycles. The summed E-state index contributed by atoms with van der Waals surface area (Å²) in [7, 11) is 10.7. The SMILES string of the molecule is COCC(COC)n1ccc(C)c(N2C[C@@H](c3c(F)cc(OC)cc3P)[C@H](CC(=O)c3ccc(OC(F)(P)P)cc3)C2=O)c1=O. The van der Waals surface area contributed by atoms with Crippen LogP contribution in [-0.4, -0.2) is 62.7 Å². The predicted octanol–water partition coefficient (Wildman–Crippen LogP) is 4.37. The Morgan fingerprint density at radius 1 is 1.04 bits per heavy atom. The first kappa shape index (κ1) is 35.1. The molecule has 0 saturated carbocycles. The molecule has 45 heavy (non-hydrogen) atoms. The molecular weight excluding hydrogens is 643 g/mol. The molecule has 242 valence electrons. The van der Waals surface area contributed by atoms with Gasteiger partial charge in [0.15, 0.2) is 5.78 Å². The van der Waals surface area contributed by atoms with Crippen molar-refractivity contribution in [3.8, 4) is 11.5 Å². The van der Waals surface area contributed by atoms with E-state index in [1.165, 1.54) is 61.1 Å². The van der Waals surface area contributed by atoms with Crippen LogP contribution in [0.2, 0.25) is 0 Å². The highest BCUT2D eigenvalue weighted by Crippen LogP contribution is 2.41. The first-order chi connectivity index (χ1) is 21.3. The Morgan fingerprint density at radius 2 is 1.69 bits per heavy atom. The van der Waals surface area contributed by atoms with Gasteiger partial charge in [0.2, 0.25) is 5.91 Å². The Bertz CT molecular complexity index is 1580. The molecule has 1 amide bonds. The molecule has 1 aliphatic heterocycles. The maximum absolute atomic E-state index is 15.7. The number of methoxy groups -OCH3 is 3. The topological polar surface area (TPSA) is 96.3 Å². The molecule has 0 aliphatic carbocycles. The molecule has 1 aromatic heterocycles. The summed E-state index contributed by atoms with van der Waals surface area (Å²) >= 11 is 0. The third-order valence-electron chi connectivity index (χ3n) is 7.72. The van der Waals surface area contributed by atoms with E-state index in [9.17, 15) is 18.8 Å². The summed E-state index contributed by atoms with van der Waals surface area (Å²) in [6.45, 7) is 2.08. The number of carbonyl (C=O) groups is 2. The lowest BCUT2D eigenvalue weighted by Crippen LogP contribution is -2.38. The van der Waals surface area contributed by atoms with Gasteiger partial charge in [0.05, 0.1) is 32.3 Å². The highest BCUT2D eigenvalue weighted by atomic mass is 31.1. The Labute approximate surface area is 267 Å². The molecule has 3 aromatic rings. The van der Waals surface area contributed by atoms with E-state index in [-0.39, 0.29) is 54.5 Å². The van der Waals surface area contributed by atoms with Crippen LogP contribution in [0.15, 0.2) is 53.5 Å². The number of carbonyl (C=O) groups excluding carboxylic acids is 2. The zero-order chi connectivity index (χ0) is 33.1. The van der Waals surface area contributed by atoms with Gasteiger partial charge in [0.25, 0.3) is 10.9 Å². The van der Waals surface area contributed by atoms with E-state index >= 15 is 4.39 Å². The molecular formula is C31H37F2N2O7P3. The normalized spacial score (nSPS) is 16.8. The number of hydrogen-bond donors (Lipinski definition) is 0. The summed E-state index contributed by atoms with van der Waals surface area (Å²) in [6.07, 6.45) is 1.37. The number of nitrogens with zero attached hydrogens (tertiary/aromatic N) is 2. The van der Waals surface area contributed by atoms with Crippen LogP contribution in [0.1, 0.15) is 39.9 Å². The average molecular weight is 681 g/mol. The average Bonchev–Trinajstić information content (AvgIpc) is 3.26. The molecule has 9 nitrogen and oxygen atoms in total. The molecule has 2 heterocycles. The minimum absolute atomic E-state index is 0.0333. The van der Waals surface area contributed by atoms with Gasteiger partial charge in [-0.25, -0.2) is 4.39 Å². The monoisotopic (exact) mass is 680 g/mol. The standard InChI is InChI=1S/C31H37F2N2O7P3/c1-17-9-10-34(19(15-39-2)16-40-3)30(38)28(17)35-14-23(27-24(32)11-21(41-4)12-26(27)43)22(29(35)37)13-25(36)18-5-7-20(8-6-18)42-31(33,44)45/h5-12,19,22-23H,13-16,43-45H2,1-4H3/t22-,23+/m0/s1. The Morgan fingerprint density at radius 3 is 2.24 bits per heavy atom. The third kappa shape index (κ3) is 7.96. The number of benzene rings is 2. The number of ketones is 1. The van der Waals surface area contributed by atoms with Gasteiger partial charge in [-0.05, 0) is 72.7 Å². The van der Waals surface area contributed by atoms with E-state index in [4.69, 9.17) is 18.9 Å². The number of aryl methyl sites for hydroxylation is 1. The molecule has 3 unspecified atom stereocenters. The minimum atomic E-state index is -2.07. The van der Waals surface area contributed by atoms with Crippen molar-refractivity contribution in [2.75, 3.05) is 46.0 Å². The van der Waals surface area contributed by atoms with E-state index in [1.54, 1.807) is 25.3 Å². The summed E-state index contributed by atoms with van der Waals surface area (Å²) in [5.74, 6) is -2.71.